The molecule has 3 heteroatoms. The Morgan fingerprint density at radius 1 is 1.70 bits per heavy atom. The van der Waals surface area contributed by atoms with Crippen LogP contribution in [0.1, 0.15) is 27.2 Å². The van der Waals surface area contributed by atoms with E-state index in [1.165, 1.54) is 0 Å². The van der Waals surface area contributed by atoms with E-state index >= 15 is 0 Å². The van der Waals surface area contributed by atoms with Gasteiger partial charge in [0.25, 0.3) is 0 Å². The van der Waals surface area contributed by atoms with Gasteiger partial charge in [0.2, 0.25) is 0 Å². The van der Waals surface area contributed by atoms with Crippen LogP contribution in [0.25, 0.3) is 0 Å². The van der Waals surface area contributed by atoms with E-state index in [9.17, 15) is 0 Å². The van der Waals surface area contributed by atoms with Gasteiger partial charge in [0.1, 0.15) is 0 Å². The zero-order chi connectivity index (χ0) is 8.20. The highest BCUT2D eigenvalue weighted by molar-refractivity contribution is 7.78. The van der Waals surface area contributed by atoms with Crippen molar-refractivity contribution in [3.05, 3.63) is 0 Å². The number of hydrogen-bond acceptors (Lipinski definition) is 3. The first kappa shape index (κ1) is 9.76. The Balaban J connectivity index is 3.98. The topological polar surface area (TPSA) is 32.6 Å². The first-order valence-electron chi connectivity index (χ1n) is 3.25. The van der Waals surface area contributed by atoms with Crippen molar-refractivity contribution in [1.82, 2.24) is 0 Å². The third kappa shape index (κ3) is 4.62. The Morgan fingerprint density at radius 3 is 2.50 bits per heavy atom. The molecule has 0 radical (unpaired) electrons. The first-order valence-corrected chi connectivity index (χ1v) is 3.66. The lowest BCUT2D eigenvalue weighted by molar-refractivity contribution is 0.159. The van der Waals surface area contributed by atoms with Gasteiger partial charge in [-0.2, -0.15) is 0 Å². The minimum atomic E-state index is -0.331. The van der Waals surface area contributed by atoms with E-state index in [4.69, 9.17) is 5.11 Å². The van der Waals surface area contributed by atoms with Crippen LogP contribution in [-0.4, -0.2) is 21.9 Å². The molecule has 0 aliphatic heterocycles. The molecule has 0 bridgehead atoms. The minimum Gasteiger partial charge on any atom is -0.393 e. The van der Waals surface area contributed by atoms with E-state index < -0.39 is 0 Å². The lowest BCUT2D eigenvalue weighted by atomic mass is 9.99. The summed E-state index contributed by atoms with van der Waals surface area (Å²) in [7, 11) is 0. The highest BCUT2D eigenvalue weighted by atomic mass is 32.1. The third-order valence-electron chi connectivity index (χ3n) is 1.14. The Bertz CT molecular complexity index is 148. The molecule has 1 N–H and O–H groups in total. The SMILES string of the molecule is CC(O)CC(C)(C)N=C=S. The molecule has 1 atom stereocenters. The second-order valence-corrected chi connectivity index (χ2v) is 3.25. The van der Waals surface area contributed by atoms with E-state index in [-0.39, 0.29) is 11.6 Å². The zero-order valence-electron chi connectivity index (χ0n) is 6.59. The molecule has 0 saturated heterocycles. The molecule has 0 aliphatic rings. The normalized spacial score (nSPS) is 14.0. The maximum atomic E-state index is 8.99. The van der Waals surface area contributed by atoms with Crippen LogP contribution in [0, 0.1) is 0 Å². The van der Waals surface area contributed by atoms with E-state index in [2.05, 4.69) is 22.4 Å². The maximum Gasteiger partial charge on any atom is 0.0679 e. The smallest absolute Gasteiger partial charge is 0.0679 e. The summed E-state index contributed by atoms with van der Waals surface area (Å²) in [6.07, 6.45) is 0.290. The van der Waals surface area contributed by atoms with Gasteiger partial charge in [-0.05, 0) is 39.4 Å². The zero-order valence-corrected chi connectivity index (χ0v) is 7.40. The van der Waals surface area contributed by atoms with Crippen molar-refractivity contribution in [1.29, 1.82) is 0 Å². The first-order chi connectivity index (χ1) is 4.48. The van der Waals surface area contributed by atoms with Crippen molar-refractivity contribution >= 4 is 17.4 Å². The van der Waals surface area contributed by atoms with Crippen molar-refractivity contribution in [2.45, 2.75) is 38.8 Å². The van der Waals surface area contributed by atoms with E-state index in [1.807, 2.05) is 13.8 Å². The third-order valence-corrected chi connectivity index (χ3v) is 1.23. The fourth-order valence-corrected chi connectivity index (χ4v) is 1.14. The predicted molar refractivity (Wildman–Crippen MR) is 45.4 cm³/mol. The lowest BCUT2D eigenvalue weighted by Gasteiger charge is -2.18. The van der Waals surface area contributed by atoms with Gasteiger partial charge in [-0.15, -0.1) is 0 Å². The van der Waals surface area contributed by atoms with Gasteiger partial charge in [0.05, 0.1) is 16.8 Å². The van der Waals surface area contributed by atoms with Gasteiger partial charge < -0.3 is 5.11 Å². The van der Waals surface area contributed by atoms with Gasteiger partial charge >= 0.3 is 0 Å². The minimum absolute atomic E-state index is 0.268. The molecule has 0 heterocycles. The quantitative estimate of drug-likeness (QED) is 0.501. The Morgan fingerprint density at radius 2 is 2.20 bits per heavy atom. The lowest BCUT2D eigenvalue weighted by Crippen LogP contribution is -2.22. The average Bonchev–Trinajstić information content (AvgIpc) is 1.59. The maximum absolute atomic E-state index is 8.99. The van der Waals surface area contributed by atoms with Crippen LogP contribution in [0.15, 0.2) is 4.99 Å². The van der Waals surface area contributed by atoms with Gasteiger partial charge in [-0.25, -0.2) is 4.99 Å². The largest absolute Gasteiger partial charge is 0.393 e. The summed E-state index contributed by atoms with van der Waals surface area (Å²) in [6.45, 7) is 5.57. The van der Waals surface area contributed by atoms with Gasteiger partial charge in [0, 0.05) is 0 Å². The fraction of sp³-hybridized carbons (Fsp3) is 0.857. The standard InChI is InChI=1S/C7H13NOS/c1-6(9)4-7(2,3)8-5-10/h6,9H,4H2,1-3H3. The van der Waals surface area contributed by atoms with E-state index in [1.54, 1.807) is 6.92 Å². The number of aliphatic hydroxyl groups excluding tert-OH is 1. The second-order valence-electron chi connectivity index (χ2n) is 3.07. The summed E-state index contributed by atoms with van der Waals surface area (Å²) in [4.78, 5) is 3.90. The number of thiocarbonyl (C=S) groups is 1. The number of aliphatic imine (C=N–C) groups is 1. The molecule has 0 aliphatic carbocycles. The molecule has 0 aromatic carbocycles. The molecule has 0 fully saturated rings. The summed E-state index contributed by atoms with van der Waals surface area (Å²) in [5.41, 5.74) is -0.268. The van der Waals surface area contributed by atoms with Gasteiger partial charge in [-0.3, -0.25) is 0 Å². The van der Waals surface area contributed by atoms with Crippen LogP contribution in [0.3, 0.4) is 0 Å². The molecule has 2 nitrogen and oxygen atoms in total. The van der Waals surface area contributed by atoms with Gasteiger partial charge in [0.15, 0.2) is 0 Å². The average molecular weight is 159 g/mol. The Kier molecular flexibility index (Phi) is 3.72. The molecular formula is C7H13NOS. The van der Waals surface area contributed by atoms with E-state index in [0.29, 0.717) is 6.42 Å². The molecule has 0 amide bonds. The van der Waals surface area contributed by atoms with Crippen molar-refractivity contribution in [3.63, 3.8) is 0 Å². The predicted octanol–water partition coefficient (Wildman–Crippen LogP) is 1.64. The van der Waals surface area contributed by atoms with Crippen LogP contribution < -0.4 is 0 Å². The molecule has 1 unspecified atom stereocenters. The number of hydrogen-bond donors (Lipinski definition) is 1. The number of isothiocyanates is 1. The Hall–Kier alpha value is -0.240. The molecule has 0 aromatic heterocycles. The molecule has 0 spiro atoms. The number of nitrogens with zero attached hydrogens (tertiary/aromatic N) is 1. The van der Waals surface area contributed by atoms with Crippen LogP contribution in [-0.2, 0) is 0 Å². The molecule has 58 valence electrons. The summed E-state index contributed by atoms with van der Waals surface area (Å²) in [5, 5.41) is 11.3. The number of rotatable bonds is 3. The summed E-state index contributed by atoms with van der Waals surface area (Å²) in [5.74, 6) is 0. The summed E-state index contributed by atoms with van der Waals surface area (Å²) in [6, 6.07) is 0. The Labute approximate surface area is 67.0 Å². The summed E-state index contributed by atoms with van der Waals surface area (Å²) >= 11 is 4.45. The monoisotopic (exact) mass is 159 g/mol. The van der Waals surface area contributed by atoms with Crippen molar-refractivity contribution in [3.8, 4) is 0 Å². The fourth-order valence-electron chi connectivity index (χ4n) is 0.892. The van der Waals surface area contributed by atoms with E-state index in [0.717, 1.165) is 0 Å². The highest BCUT2D eigenvalue weighted by Crippen LogP contribution is 2.15. The van der Waals surface area contributed by atoms with Crippen molar-refractivity contribution in [2.75, 3.05) is 0 Å². The van der Waals surface area contributed by atoms with Crippen LogP contribution in [0.4, 0.5) is 0 Å². The van der Waals surface area contributed by atoms with Crippen LogP contribution >= 0.6 is 12.2 Å². The van der Waals surface area contributed by atoms with Crippen LogP contribution in [0.2, 0.25) is 0 Å². The second kappa shape index (κ2) is 3.81. The molecule has 0 aromatic rings. The highest BCUT2D eigenvalue weighted by Gasteiger charge is 2.17. The van der Waals surface area contributed by atoms with Crippen molar-refractivity contribution < 1.29 is 5.11 Å². The number of aliphatic hydroxyl groups is 1. The molecule has 0 rings (SSSR count). The van der Waals surface area contributed by atoms with Gasteiger partial charge in [-0.1, -0.05) is 0 Å². The molecule has 10 heavy (non-hydrogen) atoms. The van der Waals surface area contributed by atoms with Crippen LogP contribution in [0.5, 0.6) is 0 Å². The van der Waals surface area contributed by atoms with Crippen molar-refractivity contribution in [2.24, 2.45) is 4.99 Å². The molecular weight excluding hydrogens is 146 g/mol. The summed E-state index contributed by atoms with van der Waals surface area (Å²) < 4.78 is 0. The molecule has 0 saturated carbocycles.